The largest absolute Gasteiger partial charge is 0.368 e. The summed E-state index contributed by atoms with van der Waals surface area (Å²) < 4.78 is 2.97. The van der Waals surface area contributed by atoms with Gasteiger partial charge in [0.15, 0.2) is 5.65 Å². The molecule has 2 heterocycles. The van der Waals surface area contributed by atoms with Crippen LogP contribution in [-0.4, -0.2) is 20.3 Å². The highest BCUT2D eigenvalue weighted by Crippen LogP contribution is 2.16. The smallest absolute Gasteiger partial charge is 0.280 e. The minimum atomic E-state index is -0.528. The molecule has 0 radical (unpaired) electrons. The van der Waals surface area contributed by atoms with E-state index < -0.39 is 5.91 Å². The van der Waals surface area contributed by atoms with Gasteiger partial charge in [-0.15, -0.1) is 0 Å². The molecule has 112 valence electrons. The topological polar surface area (TPSA) is 82.9 Å². The molecule has 2 aromatic heterocycles. The van der Waals surface area contributed by atoms with Gasteiger partial charge in [-0.05, 0) is 49.2 Å². The summed E-state index contributed by atoms with van der Waals surface area (Å²) in [6, 6.07) is 9.09. The van der Waals surface area contributed by atoms with Gasteiger partial charge in [-0.3, -0.25) is 14.3 Å². The highest BCUT2D eigenvalue weighted by molar-refractivity contribution is 5.79. The van der Waals surface area contributed by atoms with Gasteiger partial charge in [0.2, 0.25) is 5.91 Å². The first kappa shape index (κ1) is 14.1. The Morgan fingerprint density at radius 3 is 2.68 bits per heavy atom. The summed E-state index contributed by atoms with van der Waals surface area (Å²) in [7, 11) is 0. The van der Waals surface area contributed by atoms with Crippen LogP contribution in [-0.2, 0) is 11.3 Å². The van der Waals surface area contributed by atoms with Crippen LogP contribution in [0.3, 0.4) is 0 Å². The fourth-order valence-corrected chi connectivity index (χ4v) is 2.50. The van der Waals surface area contributed by atoms with E-state index in [0.29, 0.717) is 16.7 Å². The molecular formula is C16H16N4O2. The molecule has 0 aliphatic carbocycles. The molecule has 0 aliphatic heterocycles. The highest BCUT2D eigenvalue weighted by atomic mass is 16.2. The number of aromatic nitrogens is 3. The van der Waals surface area contributed by atoms with Gasteiger partial charge in [0.1, 0.15) is 6.54 Å². The molecule has 0 saturated heterocycles. The molecule has 1 amide bonds. The van der Waals surface area contributed by atoms with Gasteiger partial charge in [0.05, 0.1) is 11.1 Å². The number of fused-ring (bicyclic) bond motifs is 1. The average Bonchev–Trinajstić information content (AvgIpc) is 2.75. The third-order valence-electron chi connectivity index (χ3n) is 3.74. The van der Waals surface area contributed by atoms with Crippen LogP contribution in [0.4, 0.5) is 0 Å². The second-order valence-corrected chi connectivity index (χ2v) is 5.28. The van der Waals surface area contributed by atoms with E-state index in [-0.39, 0.29) is 12.1 Å². The van der Waals surface area contributed by atoms with Crippen LogP contribution < -0.4 is 11.3 Å². The second kappa shape index (κ2) is 5.14. The summed E-state index contributed by atoms with van der Waals surface area (Å²) in [5.74, 6) is -0.528. The summed E-state index contributed by atoms with van der Waals surface area (Å²) in [5, 5.41) is 0.460. The molecule has 3 aromatic rings. The Kier molecular flexibility index (Phi) is 3.29. The van der Waals surface area contributed by atoms with Gasteiger partial charge in [-0.25, -0.2) is 9.67 Å². The first-order valence-corrected chi connectivity index (χ1v) is 6.91. The number of benzene rings is 1. The standard InChI is InChI=1S/C16H16N4O2/c1-10-5-6-12(8-11(10)2)20-16(22)13-4-3-7-18-15(13)19(20)9-14(17)21/h3-8H,9H2,1-2H3,(H2,17,21). The molecule has 0 bridgehead atoms. The molecule has 22 heavy (non-hydrogen) atoms. The van der Waals surface area contributed by atoms with E-state index in [9.17, 15) is 9.59 Å². The minimum absolute atomic E-state index is 0.108. The summed E-state index contributed by atoms with van der Waals surface area (Å²) in [5.41, 5.74) is 8.44. The Morgan fingerprint density at radius 1 is 1.23 bits per heavy atom. The van der Waals surface area contributed by atoms with Gasteiger partial charge in [-0.2, -0.15) is 0 Å². The van der Waals surface area contributed by atoms with Crippen molar-refractivity contribution in [1.29, 1.82) is 0 Å². The minimum Gasteiger partial charge on any atom is -0.368 e. The molecule has 6 heteroatoms. The van der Waals surface area contributed by atoms with Gasteiger partial charge in [0.25, 0.3) is 5.56 Å². The van der Waals surface area contributed by atoms with E-state index in [1.165, 1.54) is 9.36 Å². The van der Waals surface area contributed by atoms with Gasteiger partial charge < -0.3 is 5.73 Å². The van der Waals surface area contributed by atoms with Crippen molar-refractivity contribution in [2.75, 3.05) is 0 Å². The summed E-state index contributed by atoms with van der Waals surface area (Å²) >= 11 is 0. The first-order chi connectivity index (χ1) is 10.5. The maximum absolute atomic E-state index is 12.7. The Morgan fingerprint density at radius 2 is 2.00 bits per heavy atom. The van der Waals surface area contributed by atoms with Gasteiger partial charge >= 0.3 is 0 Å². The lowest BCUT2D eigenvalue weighted by Gasteiger charge is -2.12. The third kappa shape index (κ3) is 2.18. The molecule has 1 aromatic carbocycles. The molecule has 0 spiro atoms. The van der Waals surface area contributed by atoms with E-state index in [1.54, 1.807) is 18.3 Å². The lowest BCUT2D eigenvalue weighted by Crippen LogP contribution is -2.27. The Bertz CT molecular complexity index is 937. The molecule has 0 unspecified atom stereocenters. The van der Waals surface area contributed by atoms with Crippen molar-refractivity contribution in [2.24, 2.45) is 5.73 Å². The Labute approximate surface area is 126 Å². The Balaban J connectivity index is 2.36. The van der Waals surface area contributed by atoms with Crippen LogP contribution in [0.5, 0.6) is 0 Å². The lowest BCUT2D eigenvalue weighted by molar-refractivity contribution is -0.118. The summed E-state index contributed by atoms with van der Waals surface area (Å²) in [6.45, 7) is 3.87. The van der Waals surface area contributed by atoms with E-state index in [0.717, 1.165) is 11.1 Å². The number of amides is 1. The number of primary amides is 1. The van der Waals surface area contributed by atoms with Crippen molar-refractivity contribution in [3.63, 3.8) is 0 Å². The zero-order valence-electron chi connectivity index (χ0n) is 12.4. The van der Waals surface area contributed by atoms with E-state index in [4.69, 9.17) is 5.73 Å². The maximum atomic E-state index is 12.7. The maximum Gasteiger partial charge on any atom is 0.280 e. The number of nitrogens with zero attached hydrogens (tertiary/aromatic N) is 3. The molecule has 0 saturated carbocycles. The lowest BCUT2D eigenvalue weighted by atomic mass is 10.1. The number of aryl methyl sites for hydroxylation is 2. The van der Waals surface area contributed by atoms with Crippen molar-refractivity contribution in [3.8, 4) is 5.69 Å². The van der Waals surface area contributed by atoms with Crippen LogP contribution in [0.25, 0.3) is 16.7 Å². The second-order valence-electron chi connectivity index (χ2n) is 5.28. The van der Waals surface area contributed by atoms with Crippen molar-refractivity contribution in [3.05, 3.63) is 58.0 Å². The zero-order chi connectivity index (χ0) is 15.9. The quantitative estimate of drug-likeness (QED) is 0.790. The number of pyridine rings is 1. The van der Waals surface area contributed by atoms with Crippen molar-refractivity contribution >= 4 is 16.9 Å². The normalized spacial score (nSPS) is 11.0. The Hall–Kier alpha value is -2.89. The van der Waals surface area contributed by atoms with Gasteiger partial charge in [0, 0.05) is 6.20 Å². The van der Waals surface area contributed by atoms with Gasteiger partial charge in [-0.1, -0.05) is 6.07 Å². The molecule has 0 atom stereocenters. The molecule has 0 aliphatic rings. The molecule has 0 fully saturated rings. The average molecular weight is 296 g/mol. The number of carbonyl (C=O) groups is 1. The number of nitrogens with two attached hydrogens (primary N) is 1. The number of hydrogen-bond acceptors (Lipinski definition) is 3. The fraction of sp³-hybridized carbons (Fsp3) is 0.188. The van der Waals surface area contributed by atoms with Crippen molar-refractivity contribution in [1.82, 2.24) is 14.3 Å². The number of hydrogen-bond donors (Lipinski definition) is 1. The monoisotopic (exact) mass is 296 g/mol. The summed E-state index contributed by atoms with van der Waals surface area (Å²) in [4.78, 5) is 28.3. The zero-order valence-corrected chi connectivity index (χ0v) is 12.4. The molecular weight excluding hydrogens is 280 g/mol. The summed E-state index contributed by atoms with van der Waals surface area (Å²) in [6.07, 6.45) is 1.59. The molecule has 2 N–H and O–H groups in total. The third-order valence-corrected chi connectivity index (χ3v) is 3.74. The van der Waals surface area contributed by atoms with Crippen LogP contribution >= 0.6 is 0 Å². The number of rotatable bonds is 3. The van der Waals surface area contributed by atoms with E-state index in [2.05, 4.69) is 4.98 Å². The van der Waals surface area contributed by atoms with Crippen LogP contribution in [0.15, 0.2) is 41.3 Å². The van der Waals surface area contributed by atoms with E-state index >= 15 is 0 Å². The fourth-order valence-electron chi connectivity index (χ4n) is 2.50. The predicted molar refractivity (Wildman–Crippen MR) is 84.0 cm³/mol. The number of carbonyl (C=O) groups excluding carboxylic acids is 1. The van der Waals surface area contributed by atoms with Crippen LogP contribution in [0.2, 0.25) is 0 Å². The van der Waals surface area contributed by atoms with Crippen LogP contribution in [0, 0.1) is 13.8 Å². The highest BCUT2D eigenvalue weighted by Gasteiger charge is 2.17. The van der Waals surface area contributed by atoms with Crippen molar-refractivity contribution < 1.29 is 4.79 Å². The van der Waals surface area contributed by atoms with E-state index in [1.807, 2.05) is 32.0 Å². The SMILES string of the molecule is Cc1ccc(-n2c(=O)c3cccnc3n2CC(N)=O)cc1C. The van der Waals surface area contributed by atoms with Crippen molar-refractivity contribution in [2.45, 2.75) is 20.4 Å². The first-order valence-electron chi connectivity index (χ1n) is 6.91. The molecule has 6 nitrogen and oxygen atoms in total. The molecule has 3 rings (SSSR count). The predicted octanol–water partition coefficient (Wildman–Crippen LogP) is 1.29. The van der Waals surface area contributed by atoms with Crippen LogP contribution in [0.1, 0.15) is 11.1 Å².